The molecular weight excluding hydrogens is 335 g/mol. The van der Waals surface area contributed by atoms with Crippen LogP contribution in [0.2, 0.25) is 10.0 Å². The molecule has 1 aromatic heterocycles. The maximum atomic E-state index is 12.5. The first kappa shape index (κ1) is 15.5. The number of nitrogens with one attached hydrogen (secondary N) is 1. The molecule has 3 rings (SSSR count). The first-order valence-electron chi connectivity index (χ1n) is 6.76. The number of carbonyl (C=O) groups excluding carboxylic acids is 1. The fourth-order valence-corrected chi connectivity index (χ4v) is 2.57. The lowest BCUT2D eigenvalue weighted by atomic mass is 10.1. The van der Waals surface area contributed by atoms with Crippen LogP contribution in [0, 0.1) is 0 Å². The number of rotatable bonds is 3. The van der Waals surface area contributed by atoms with E-state index in [0.29, 0.717) is 22.1 Å². The average Bonchev–Trinajstić information content (AvgIpc) is 2.96. The van der Waals surface area contributed by atoms with Crippen molar-refractivity contribution in [1.29, 1.82) is 0 Å². The molecule has 23 heavy (non-hydrogen) atoms. The average molecular weight is 347 g/mol. The largest absolute Gasteiger partial charge is 0.321 e. The van der Waals surface area contributed by atoms with Gasteiger partial charge in [-0.3, -0.25) is 4.79 Å². The Hall–Kier alpha value is -2.37. The molecule has 0 spiro atoms. The van der Waals surface area contributed by atoms with Crippen LogP contribution < -0.4 is 5.32 Å². The van der Waals surface area contributed by atoms with Gasteiger partial charge >= 0.3 is 0 Å². The Labute approximate surface area is 142 Å². The van der Waals surface area contributed by atoms with Crippen molar-refractivity contribution >= 4 is 34.8 Å². The molecule has 0 radical (unpaired) electrons. The third kappa shape index (κ3) is 3.06. The van der Waals surface area contributed by atoms with Gasteiger partial charge in [-0.1, -0.05) is 41.4 Å². The van der Waals surface area contributed by atoms with E-state index in [1.54, 1.807) is 35.2 Å². The van der Waals surface area contributed by atoms with E-state index in [4.69, 9.17) is 23.2 Å². The third-order valence-corrected chi connectivity index (χ3v) is 4.14. The molecule has 0 atom stereocenters. The fourth-order valence-electron chi connectivity index (χ4n) is 2.18. The lowest BCUT2D eigenvalue weighted by Gasteiger charge is -2.11. The molecular formula is C16H12Cl2N4O. The van der Waals surface area contributed by atoms with Crippen LogP contribution in [-0.2, 0) is 7.05 Å². The molecule has 0 aliphatic carbocycles. The Balaban J connectivity index is 1.97. The minimum atomic E-state index is -0.341. The van der Waals surface area contributed by atoms with Crippen LogP contribution in [0.25, 0.3) is 11.4 Å². The van der Waals surface area contributed by atoms with E-state index in [2.05, 4.69) is 15.5 Å². The number of benzene rings is 2. The van der Waals surface area contributed by atoms with Crippen molar-refractivity contribution in [3.63, 3.8) is 0 Å². The predicted octanol–water partition coefficient (Wildman–Crippen LogP) is 4.04. The van der Waals surface area contributed by atoms with Crippen molar-refractivity contribution in [3.8, 4) is 11.4 Å². The molecule has 7 heteroatoms. The summed E-state index contributed by atoms with van der Waals surface area (Å²) in [6.45, 7) is 0. The highest BCUT2D eigenvalue weighted by molar-refractivity contribution is 6.44. The van der Waals surface area contributed by atoms with Gasteiger partial charge in [0.25, 0.3) is 5.91 Å². The number of hydrogen-bond acceptors (Lipinski definition) is 3. The Morgan fingerprint density at radius 2 is 1.91 bits per heavy atom. The molecule has 0 unspecified atom stereocenters. The number of hydrogen-bond donors (Lipinski definition) is 1. The van der Waals surface area contributed by atoms with Crippen LogP contribution in [0.1, 0.15) is 10.4 Å². The van der Waals surface area contributed by atoms with Crippen LogP contribution in [0.5, 0.6) is 0 Å². The number of carbonyl (C=O) groups is 1. The van der Waals surface area contributed by atoms with E-state index >= 15 is 0 Å². The highest BCUT2D eigenvalue weighted by Crippen LogP contribution is 2.29. The van der Waals surface area contributed by atoms with E-state index in [1.165, 1.54) is 0 Å². The van der Waals surface area contributed by atoms with Gasteiger partial charge in [0, 0.05) is 12.6 Å². The van der Waals surface area contributed by atoms with Gasteiger partial charge in [-0.2, -0.15) is 0 Å². The van der Waals surface area contributed by atoms with Gasteiger partial charge in [0.2, 0.25) is 0 Å². The number of amides is 1. The van der Waals surface area contributed by atoms with Crippen LogP contribution in [0.15, 0.2) is 48.8 Å². The van der Waals surface area contributed by atoms with Crippen LogP contribution in [0.4, 0.5) is 5.69 Å². The second-order valence-electron chi connectivity index (χ2n) is 4.87. The second kappa shape index (κ2) is 6.40. The van der Waals surface area contributed by atoms with Crippen molar-refractivity contribution in [2.24, 2.45) is 7.05 Å². The topological polar surface area (TPSA) is 59.8 Å². The van der Waals surface area contributed by atoms with Crippen molar-refractivity contribution in [2.75, 3.05) is 5.32 Å². The van der Waals surface area contributed by atoms with Gasteiger partial charge < -0.3 is 9.88 Å². The second-order valence-corrected chi connectivity index (χ2v) is 5.65. The number of aryl methyl sites for hydroxylation is 1. The minimum absolute atomic E-state index is 0.225. The SMILES string of the molecule is Cn1cnnc1-c1ccccc1NC(=O)c1cccc(Cl)c1Cl. The van der Waals surface area contributed by atoms with E-state index in [1.807, 2.05) is 25.2 Å². The monoisotopic (exact) mass is 346 g/mol. The van der Waals surface area contributed by atoms with Gasteiger partial charge in [0.1, 0.15) is 6.33 Å². The molecule has 0 aliphatic rings. The van der Waals surface area contributed by atoms with Gasteiger partial charge in [0.05, 0.1) is 21.3 Å². The Morgan fingerprint density at radius 3 is 2.65 bits per heavy atom. The van der Waals surface area contributed by atoms with Gasteiger partial charge in [0.15, 0.2) is 5.82 Å². The summed E-state index contributed by atoms with van der Waals surface area (Å²) >= 11 is 12.1. The molecule has 3 aromatic rings. The quantitative estimate of drug-likeness (QED) is 0.778. The van der Waals surface area contributed by atoms with Gasteiger partial charge in [-0.05, 0) is 24.3 Å². The summed E-state index contributed by atoms with van der Waals surface area (Å²) in [6.07, 6.45) is 1.60. The summed E-state index contributed by atoms with van der Waals surface area (Å²) < 4.78 is 1.78. The number of halogens is 2. The standard InChI is InChI=1S/C16H12Cl2N4O/c1-22-9-19-21-15(22)10-5-2-3-8-13(10)20-16(23)11-6-4-7-12(17)14(11)18/h2-9H,1H3,(H,20,23). The lowest BCUT2D eigenvalue weighted by molar-refractivity contribution is 0.102. The van der Waals surface area contributed by atoms with Crippen molar-refractivity contribution in [1.82, 2.24) is 14.8 Å². The predicted molar refractivity (Wildman–Crippen MR) is 90.9 cm³/mol. The number of nitrogens with zero attached hydrogens (tertiary/aromatic N) is 3. The maximum Gasteiger partial charge on any atom is 0.257 e. The number of para-hydroxylation sites is 1. The Bertz CT molecular complexity index is 876. The smallest absolute Gasteiger partial charge is 0.257 e. The van der Waals surface area contributed by atoms with Crippen LogP contribution in [0.3, 0.4) is 0 Å². The molecule has 1 amide bonds. The molecule has 1 heterocycles. The summed E-state index contributed by atoms with van der Waals surface area (Å²) in [6, 6.07) is 12.3. The van der Waals surface area contributed by atoms with Crippen molar-refractivity contribution in [2.45, 2.75) is 0 Å². The molecule has 0 saturated carbocycles. The summed E-state index contributed by atoms with van der Waals surface area (Å²) in [4.78, 5) is 12.5. The summed E-state index contributed by atoms with van der Waals surface area (Å²) in [5.41, 5.74) is 1.69. The summed E-state index contributed by atoms with van der Waals surface area (Å²) in [5.74, 6) is 0.310. The molecule has 2 aromatic carbocycles. The molecule has 1 N–H and O–H groups in total. The molecule has 0 saturated heterocycles. The van der Waals surface area contributed by atoms with Crippen molar-refractivity contribution in [3.05, 3.63) is 64.4 Å². The fraction of sp³-hybridized carbons (Fsp3) is 0.0625. The zero-order chi connectivity index (χ0) is 16.4. The third-order valence-electron chi connectivity index (χ3n) is 3.32. The van der Waals surface area contributed by atoms with Crippen molar-refractivity contribution < 1.29 is 4.79 Å². The number of aromatic nitrogens is 3. The van der Waals surface area contributed by atoms with Crippen LogP contribution in [-0.4, -0.2) is 20.7 Å². The molecule has 116 valence electrons. The molecule has 0 fully saturated rings. The van der Waals surface area contributed by atoms with Gasteiger partial charge in [-0.15, -0.1) is 10.2 Å². The maximum absolute atomic E-state index is 12.5. The Morgan fingerprint density at radius 1 is 1.13 bits per heavy atom. The highest BCUT2D eigenvalue weighted by atomic mass is 35.5. The summed E-state index contributed by atoms with van der Waals surface area (Å²) in [5, 5.41) is 11.3. The lowest BCUT2D eigenvalue weighted by Crippen LogP contribution is -2.13. The zero-order valence-electron chi connectivity index (χ0n) is 12.1. The first-order chi connectivity index (χ1) is 11.1. The number of anilines is 1. The molecule has 5 nitrogen and oxygen atoms in total. The van der Waals surface area contributed by atoms with E-state index in [9.17, 15) is 4.79 Å². The van der Waals surface area contributed by atoms with E-state index < -0.39 is 0 Å². The Kier molecular flexibility index (Phi) is 4.32. The summed E-state index contributed by atoms with van der Waals surface area (Å²) in [7, 11) is 1.84. The zero-order valence-corrected chi connectivity index (χ0v) is 13.6. The molecule has 0 aliphatic heterocycles. The normalized spacial score (nSPS) is 10.6. The minimum Gasteiger partial charge on any atom is -0.321 e. The van der Waals surface area contributed by atoms with E-state index in [0.717, 1.165) is 5.56 Å². The van der Waals surface area contributed by atoms with Crippen LogP contribution >= 0.6 is 23.2 Å². The highest BCUT2D eigenvalue weighted by Gasteiger charge is 2.16. The van der Waals surface area contributed by atoms with E-state index in [-0.39, 0.29) is 10.9 Å². The van der Waals surface area contributed by atoms with Gasteiger partial charge in [-0.25, -0.2) is 0 Å². The first-order valence-corrected chi connectivity index (χ1v) is 7.52. The molecule has 0 bridgehead atoms.